The summed E-state index contributed by atoms with van der Waals surface area (Å²) in [5.41, 5.74) is 2.01. The summed E-state index contributed by atoms with van der Waals surface area (Å²) in [5.74, 6) is 1.54. The Kier molecular flexibility index (Phi) is 5.31. The topological polar surface area (TPSA) is 73.1 Å². The lowest BCUT2D eigenvalue weighted by Crippen LogP contribution is -2.41. The molecule has 0 aliphatic carbocycles. The number of esters is 1. The summed E-state index contributed by atoms with van der Waals surface area (Å²) in [7, 11) is 1.87. The van der Waals surface area contributed by atoms with E-state index in [-0.39, 0.29) is 12.1 Å². The van der Waals surface area contributed by atoms with E-state index < -0.39 is 0 Å². The van der Waals surface area contributed by atoms with Gasteiger partial charge in [-0.2, -0.15) is 5.10 Å². The zero-order valence-electron chi connectivity index (χ0n) is 15.1. The molecule has 0 bridgehead atoms. The molecule has 7 heteroatoms. The van der Waals surface area contributed by atoms with Crippen LogP contribution in [0, 0.1) is 13.8 Å². The lowest BCUT2D eigenvalue weighted by molar-refractivity contribution is -0.149. The number of hydrogen-bond donors (Lipinski definition) is 0. The van der Waals surface area contributed by atoms with Gasteiger partial charge in [-0.05, 0) is 38.7 Å². The van der Waals surface area contributed by atoms with Crippen LogP contribution in [0.4, 0.5) is 5.82 Å². The average Bonchev–Trinajstić information content (AvgIpc) is 2.98. The molecule has 1 fully saturated rings. The fraction of sp³-hybridized carbons (Fsp3) is 0.556. The maximum Gasteiger partial charge on any atom is 0.306 e. The summed E-state index contributed by atoms with van der Waals surface area (Å²) >= 11 is 0. The molecule has 7 nitrogen and oxygen atoms in total. The maximum atomic E-state index is 12.1. The van der Waals surface area contributed by atoms with Crippen molar-refractivity contribution in [2.24, 2.45) is 7.05 Å². The molecular weight excluding hydrogens is 318 g/mol. The number of nitrogens with zero attached hydrogens (tertiary/aromatic N) is 5. The summed E-state index contributed by atoms with van der Waals surface area (Å²) < 4.78 is 7.42. The van der Waals surface area contributed by atoms with Crippen molar-refractivity contribution < 1.29 is 9.53 Å². The molecule has 1 aliphatic heterocycles. The standard InChI is InChI=1S/C18H25N5O2/c1-13-9-17(21-14(2)20-13)23-8-4-5-16(12-23)25-18(24)7-6-15-10-19-22(3)11-15/h9-11,16H,4-8,12H2,1-3H3/t16-/m0/s1. The van der Waals surface area contributed by atoms with Crippen LogP contribution in [0.2, 0.25) is 0 Å². The molecule has 0 spiro atoms. The average molecular weight is 343 g/mol. The van der Waals surface area contributed by atoms with E-state index in [1.807, 2.05) is 33.2 Å². The molecule has 2 aromatic heterocycles. The van der Waals surface area contributed by atoms with Crippen LogP contribution in [0.5, 0.6) is 0 Å². The summed E-state index contributed by atoms with van der Waals surface area (Å²) in [6.45, 7) is 5.49. The molecule has 1 aliphatic rings. The first-order valence-electron chi connectivity index (χ1n) is 8.74. The van der Waals surface area contributed by atoms with Gasteiger partial charge in [-0.15, -0.1) is 0 Å². The van der Waals surface area contributed by atoms with E-state index in [0.717, 1.165) is 42.3 Å². The summed E-state index contributed by atoms with van der Waals surface area (Å²) in [4.78, 5) is 23.2. The van der Waals surface area contributed by atoms with Crippen molar-refractivity contribution in [3.8, 4) is 0 Å². The van der Waals surface area contributed by atoms with Crippen LogP contribution in [0.25, 0.3) is 0 Å². The number of aryl methyl sites for hydroxylation is 4. The fourth-order valence-electron chi connectivity index (χ4n) is 3.19. The van der Waals surface area contributed by atoms with Gasteiger partial charge in [0.25, 0.3) is 0 Å². The van der Waals surface area contributed by atoms with Crippen molar-refractivity contribution in [1.82, 2.24) is 19.7 Å². The van der Waals surface area contributed by atoms with Crippen molar-refractivity contribution in [3.05, 3.63) is 35.5 Å². The van der Waals surface area contributed by atoms with Crippen molar-refractivity contribution >= 4 is 11.8 Å². The van der Waals surface area contributed by atoms with Gasteiger partial charge in [-0.3, -0.25) is 9.48 Å². The highest BCUT2D eigenvalue weighted by Gasteiger charge is 2.24. The largest absolute Gasteiger partial charge is 0.460 e. The SMILES string of the molecule is Cc1cc(N2CCC[C@H](OC(=O)CCc3cnn(C)c3)C2)nc(C)n1. The van der Waals surface area contributed by atoms with Crippen molar-refractivity contribution in [2.75, 3.05) is 18.0 Å². The van der Waals surface area contributed by atoms with E-state index in [1.165, 1.54) is 0 Å². The lowest BCUT2D eigenvalue weighted by atomic mass is 10.1. The summed E-state index contributed by atoms with van der Waals surface area (Å²) in [6.07, 6.45) is 6.57. The van der Waals surface area contributed by atoms with Gasteiger partial charge in [0.15, 0.2) is 0 Å². The zero-order valence-corrected chi connectivity index (χ0v) is 15.1. The van der Waals surface area contributed by atoms with E-state index in [0.29, 0.717) is 19.4 Å². The molecular formula is C18H25N5O2. The van der Waals surface area contributed by atoms with Gasteiger partial charge in [-0.1, -0.05) is 0 Å². The van der Waals surface area contributed by atoms with E-state index in [1.54, 1.807) is 10.9 Å². The molecule has 0 radical (unpaired) electrons. The van der Waals surface area contributed by atoms with Crippen LogP contribution in [0.15, 0.2) is 18.5 Å². The van der Waals surface area contributed by atoms with Crippen LogP contribution in [0.1, 0.15) is 36.3 Å². The summed E-state index contributed by atoms with van der Waals surface area (Å²) in [5, 5.41) is 4.11. The van der Waals surface area contributed by atoms with Crippen LogP contribution in [-0.2, 0) is 23.0 Å². The number of carbonyl (C=O) groups is 1. The van der Waals surface area contributed by atoms with E-state index in [9.17, 15) is 4.79 Å². The van der Waals surface area contributed by atoms with Gasteiger partial charge in [0.2, 0.25) is 0 Å². The minimum absolute atomic E-state index is 0.0780. The fourth-order valence-corrected chi connectivity index (χ4v) is 3.19. The molecule has 2 aromatic rings. The highest BCUT2D eigenvalue weighted by Crippen LogP contribution is 2.20. The molecule has 3 rings (SSSR count). The molecule has 1 saturated heterocycles. The third kappa shape index (κ3) is 4.78. The molecule has 0 amide bonds. The minimum atomic E-state index is -0.147. The van der Waals surface area contributed by atoms with Crippen molar-refractivity contribution in [1.29, 1.82) is 0 Å². The Balaban J connectivity index is 1.53. The van der Waals surface area contributed by atoms with E-state index in [4.69, 9.17) is 4.74 Å². The Morgan fingerprint density at radius 1 is 1.36 bits per heavy atom. The highest BCUT2D eigenvalue weighted by molar-refractivity contribution is 5.70. The second-order valence-electron chi connectivity index (χ2n) is 6.64. The Morgan fingerprint density at radius 2 is 2.20 bits per heavy atom. The monoisotopic (exact) mass is 343 g/mol. The van der Waals surface area contributed by atoms with Crippen molar-refractivity contribution in [2.45, 2.75) is 45.6 Å². The lowest BCUT2D eigenvalue weighted by Gasteiger charge is -2.33. The van der Waals surface area contributed by atoms with Gasteiger partial charge in [0.1, 0.15) is 17.7 Å². The van der Waals surface area contributed by atoms with Gasteiger partial charge in [-0.25, -0.2) is 9.97 Å². The number of anilines is 1. The Morgan fingerprint density at radius 3 is 2.92 bits per heavy atom. The maximum absolute atomic E-state index is 12.1. The van der Waals surface area contributed by atoms with Crippen LogP contribution >= 0.6 is 0 Å². The van der Waals surface area contributed by atoms with Gasteiger partial charge in [0, 0.05) is 38.0 Å². The normalized spacial score (nSPS) is 17.6. The highest BCUT2D eigenvalue weighted by atomic mass is 16.5. The smallest absolute Gasteiger partial charge is 0.306 e. The number of piperidine rings is 1. The third-order valence-electron chi connectivity index (χ3n) is 4.33. The van der Waals surface area contributed by atoms with Gasteiger partial charge in [0.05, 0.1) is 12.7 Å². The predicted molar refractivity (Wildman–Crippen MR) is 94.4 cm³/mol. The molecule has 1 atom stereocenters. The first-order valence-corrected chi connectivity index (χ1v) is 8.74. The number of carbonyl (C=O) groups excluding carboxylic acids is 1. The summed E-state index contributed by atoms with van der Waals surface area (Å²) in [6, 6.07) is 1.99. The molecule has 0 aromatic carbocycles. The molecule has 0 N–H and O–H groups in total. The molecule has 25 heavy (non-hydrogen) atoms. The van der Waals surface area contributed by atoms with Gasteiger partial charge < -0.3 is 9.64 Å². The zero-order chi connectivity index (χ0) is 17.8. The predicted octanol–water partition coefficient (Wildman–Crippen LogP) is 1.97. The number of rotatable bonds is 5. The number of hydrogen-bond acceptors (Lipinski definition) is 6. The quantitative estimate of drug-likeness (QED) is 0.773. The first kappa shape index (κ1) is 17.4. The van der Waals surface area contributed by atoms with Crippen LogP contribution < -0.4 is 4.90 Å². The van der Waals surface area contributed by atoms with Gasteiger partial charge >= 0.3 is 5.97 Å². The Bertz CT molecular complexity index is 723. The molecule has 0 unspecified atom stereocenters. The molecule has 0 saturated carbocycles. The Labute approximate surface area is 148 Å². The molecule has 3 heterocycles. The van der Waals surface area contributed by atoms with E-state index in [2.05, 4.69) is 20.0 Å². The van der Waals surface area contributed by atoms with E-state index >= 15 is 0 Å². The first-order chi connectivity index (χ1) is 12.0. The second kappa shape index (κ2) is 7.63. The second-order valence-corrected chi connectivity index (χ2v) is 6.64. The Hall–Kier alpha value is -2.44. The molecule has 134 valence electrons. The third-order valence-corrected chi connectivity index (χ3v) is 4.33. The number of ether oxygens (including phenoxy) is 1. The minimum Gasteiger partial charge on any atom is -0.460 e. The van der Waals surface area contributed by atoms with Crippen LogP contribution in [-0.4, -0.2) is 44.9 Å². The van der Waals surface area contributed by atoms with Crippen molar-refractivity contribution in [3.63, 3.8) is 0 Å². The van der Waals surface area contributed by atoms with Crippen LogP contribution in [0.3, 0.4) is 0 Å². The number of aromatic nitrogens is 4.